The minimum atomic E-state index is -0.755. The molecule has 0 saturated carbocycles. The fourth-order valence-electron chi connectivity index (χ4n) is 6.11. The number of benzene rings is 1. The third-order valence-corrected chi connectivity index (χ3v) is 8.56. The van der Waals surface area contributed by atoms with Crippen molar-refractivity contribution in [2.75, 3.05) is 66.6 Å². The van der Waals surface area contributed by atoms with Gasteiger partial charge in [-0.25, -0.2) is 0 Å². The maximum atomic E-state index is 9.83. The molecule has 1 aromatic carbocycles. The lowest BCUT2D eigenvalue weighted by Crippen LogP contribution is -2.44. The number of aliphatic hydroxyl groups is 1. The van der Waals surface area contributed by atoms with Crippen molar-refractivity contribution in [3.63, 3.8) is 0 Å². The van der Waals surface area contributed by atoms with E-state index in [-0.39, 0.29) is 12.0 Å². The molecule has 0 aromatic heterocycles. The average Bonchev–Trinajstić information content (AvgIpc) is 3.31. The fourth-order valence-corrected chi connectivity index (χ4v) is 6.11. The number of nitrogens with zero attached hydrogens (tertiary/aromatic N) is 3. The third kappa shape index (κ3) is 7.53. The Bertz CT molecular complexity index is 909. The molecule has 206 valence electrons. The maximum Gasteiger partial charge on any atom is 0.194 e. The normalized spacial score (nSPS) is 27.8. The molecule has 4 rings (SSSR count). The number of aryl methyl sites for hydroxylation is 1. The van der Waals surface area contributed by atoms with E-state index in [9.17, 15) is 5.11 Å². The van der Waals surface area contributed by atoms with E-state index >= 15 is 0 Å². The Labute approximate surface area is 224 Å². The minimum Gasteiger partial charge on any atom is -0.392 e. The number of hydrogen-bond donors (Lipinski definition) is 1. The highest BCUT2D eigenvalue weighted by atomic mass is 16.7. The summed E-state index contributed by atoms with van der Waals surface area (Å²) in [5.41, 5.74) is 3.82. The van der Waals surface area contributed by atoms with E-state index in [0.717, 1.165) is 45.4 Å². The van der Waals surface area contributed by atoms with Gasteiger partial charge in [-0.3, -0.25) is 0 Å². The van der Waals surface area contributed by atoms with Crippen molar-refractivity contribution in [3.8, 4) is 0 Å². The van der Waals surface area contributed by atoms with Crippen molar-refractivity contribution in [2.24, 2.45) is 5.92 Å². The molecule has 0 radical (unpaired) electrons. The number of likely N-dealkylation sites (tertiary alicyclic amines) is 2. The molecule has 6 heteroatoms. The molecule has 3 atom stereocenters. The monoisotopic (exact) mass is 511 g/mol. The second kappa shape index (κ2) is 13.5. The predicted molar refractivity (Wildman–Crippen MR) is 152 cm³/mol. The van der Waals surface area contributed by atoms with Gasteiger partial charge in [0, 0.05) is 38.1 Å². The van der Waals surface area contributed by atoms with Gasteiger partial charge in [0.1, 0.15) is 0 Å². The van der Waals surface area contributed by atoms with Gasteiger partial charge in [-0.15, -0.1) is 0 Å². The van der Waals surface area contributed by atoms with E-state index in [1.54, 1.807) is 0 Å². The zero-order chi connectivity index (χ0) is 26.3. The summed E-state index contributed by atoms with van der Waals surface area (Å²) in [5, 5.41) is 9.83. The molecular formula is C31H49N3O3. The van der Waals surface area contributed by atoms with Gasteiger partial charge in [-0.05, 0) is 89.0 Å². The smallest absolute Gasteiger partial charge is 0.194 e. The molecule has 3 aliphatic rings. The van der Waals surface area contributed by atoms with Crippen LogP contribution in [0.2, 0.25) is 0 Å². The first-order valence-electron chi connectivity index (χ1n) is 14.4. The highest BCUT2D eigenvalue weighted by Gasteiger charge is 2.40. The number of hydrogen-bond acceptors (Lipinski definition) is 6. The Morgan fingerprint density at radius 2 is 1.62 bits per heavy atom. The summed E-state index contributed by atoms with van der Waals surface area (Å²) in [5.74, 6) is -0.669. The molecule has 1 aliphatic carbocycles. The Kier molecular flexibility index (Phi) is 10.4. The molecule has 6 nitrogen and oxygen atoms in total. The summed E-state index contributed by atoms with van der Waals surface area (Å²) in [4.78, 5) is 7.28. The lowest BCUT2D eigenvalue weighted by molar-refractivity contribution is -0.223. The van der Waals surface area contributed by atoms with Gasteiger partial charge in [0.05, 0.1) is 19.3 Å². The average molecular weight is 512 g/mol. The zero-order valence-corrected chi connectivity index (χ0v) is 23.6. The van der Waals surface area contributed by atoms with Crippen LogP contribution in [0.25, 0.3) is 5.57 Å². The van der Waals surface area contributed by atoms with Crippen LogP contribution in [0, 0.1) is 12.8 Å². The molecule has 2 unspecified atom stereocenters. The summed E-state index contributed by atoms with van der Waals surface area (Å²) < 4.78 is 13.3. The fraction of sp³-hybridized carbons (Fsp3) is 0.677. The first-order valence-corrected chi connectivity index (χ1v) is 14.4. The Hall–Kier alpha value is -1.54. The number of ether oxygens (including phenoxy) is 2. The number of β-amino-alcohol motifs (C(OH)–C–C–N with tert-alkyl or cyclic N) is 1. The number of aliphatic hydroxyl groups excluding tert-OH is 1. The zero-order valence-electron chi connectivity index (χ0n) is 23.6. The third-order valence-electron chi connectivity index (χ3n) is 8.56. The van der Waals surface area contributed by atoms with Gasteiger partial charge < -0.3 is 29.3 Å². The summed E-state index contributed by atoms with van der Waals surface area (Å²) in [7, 11) is 4.39. The van der Waals surface area contributed by atoms with Crippen LogP contribution < -0.4 is 0 Å². The minimum absolute atomic E-state index is 0.0862. The largest absolute Gasteiger partial charge is 0.392 e. The molecule has 1 aromatic rings. The maximum absolute atomic E-state index is 9.83. The van der Waals surface area contributed by atoms with Crippen molar-refractivity contribution >= 4 is 5.57 Å². The Balaban J connectivity index is 1.35. The van der Waals surface area contributed by atoms with Crippen molar-refractivity contribution in [1.82, 2.24) is 14.7 Å². The standard InChI is InChI=1S/C31H49N3O3/c1-25-10-5-6-11-29(25)30-12-7-16-31(26(30)2,37-23-9-18-34-21-15-28(35)24-34)36-22-8-17-33-19-13-27(14-20-33)32(3)4/h5-7,10-12,16,26-28,35H,8-9,13-15,17-24H2,1-4H3/t26?,28-,31?/m1/s1. The molecule has 2 saturated heterocycles. The quantitative estimate of drug-likeness (QED) is 0.336. The van der Waals surface area contributed by atoms with Crippen LogP contribution in [0.3, 0.4) is 0 Å². The van der Waals surface area contributed by atoms with Gasteiger partial charge in [0.25, 0.3) is 0 Å². The molecule has 2 heterocycles. The van der Waals surface area contributed by atoms with Crippen LogP contribution in [-0.2, 0) is 9.47 Å². The van der Waals surface area contributed by atoms with Crippen LogP contribution in [0.1, 0.15) is 50.2 Å². The van der Waals surface area contributed by atoms with Crippen molar-refractivity contribution in [1.29, 1.82) is 0 Å². The summed E-state index contributed by atoms with van der Waals surface area (Å²) in [6.07, 6.45) is 11.6. The van der Waals surface area contributed by atoms with E-state index in [0.29, 0.717) is 19.3 Å². The van der Waals surface area contributed by atoms with Gasteiger partial charge in [0.15, 0.2) is 5.79 Å². The van der Waals surface area contributed by atoms with E-state index < -0.39 is 5.79 Å². The van der Waals surface area contributed by atoms with E-state index in [1.165, 1.54) is 42.6 Å². The van der Waals surface area contributed by atoms with Gasteiger partial charge in [-0.2, -0.15) is 0 Å². The lowest BCUT2D eigenvalue weighted by atomic mass is 9.82. The molecule has 0 bridgehead atoms. The number of allylic oxidation sites excluding steroid dienone is 2. The van der Waals surface area contributed by atoms with Crippen LogP contribution in [0.15, 0.2) is 42.5 Å². The second-order valence-corrected chi connectivity index (χ2v) is 11.4. The first kappa shape index (κ1) is 28.5. The van der Waals surface area contributed by atoms with Crippen LogP contribution in [0.5, 0.6) is 0 Å². The summed E-state index contributed by atoms with van der Waals surface area (Å²) in [6, 6.07) is 9.31. The van der Waals surface area contributed by atoms with Crippen molar-refractivity contribution in [3.05, 3.63) is 53.6 Å². The van der Waals surface area contributed by atoms with Gasteiger partial charge in [0.2, 0.25) is 0 Å². The molecule has 2 fully saturated rings. The van der Waals surface area contributed by atoms with Gasteiger partial charge >= 0.3 is 0 Å². The molecule has 1 N–H and O–H groups in total. The SMILES string of the molecule is Cc1ccccc1C1=CC=CC(OCCCN2CCC(N(C)C)CC2)(OCCCN2CC[C@@H](O)C2)C1C. The highest BCUT2D eigenvalue weighted by molar-refractivity contribution is 5.73. The second-order valence-electron chi connectivity index (χ2n) is 11.4. The van der Waals surface area contributed by atoms with Gasteiger partial charge in [-0.1, -0.05) is 43.3 Å². The molecular weight excluding hydrogens is 462 g/mol. The summed E-state index contributed by atoms with van der Waals surface area (Å²) >= 11 is 0. The van der Waals surface area contributed by atoms with Crippen LogP contribution in [-0.4, -0.2) is 104 Å². The molecule has 37 heavy (non-hydrogen) atoms. The predicted octanol–water partition coefficient (Wildman–Crippen LogP) is 4.19. The van der Waals surface area contributed by atoms with E-state index in [1.807, 2.05) is 0 Å². The Morgan fingerprint density at radius 1 is 0.973 bits per heavy atom. The van der Waals surface area contributed by atoms with Crippen LogP contribution in [0.4, 0.5) is 0 Å². The number of piperidine rings is 1. The first-order chi connectivity index (χ1) is 17.9. The molecule has 2 aliphatic heterocycles. The van der Waals surface area contributed by atoms with E-state index in [2.05, 4.69) is 85.1 Å². The lowest BCUT2D eigenvalue weighted by Gasteiger charge is -2.40. The van der Waals surface area contributed by atoms with Crippen LogP contribution >= 0.6 is 0 Å². The summed E-state index contributed by atoms with van der Waals surface area (Å²) in [6.45, 7) is 11.9. The van der Waals surface area contributed by atoms with Crippen molar-refractivity contribution in [2.45, 2.75) is 63.9 Å². The topological polar surface area (TPSA) is 48.4 Å². The number of rotatable bonds is 12. The molecule has 0 spiro atoms. The van der Waals surface area contributed by atoms with Crippen molar-refractivity contribution < 1.29 is 14.6 Å². The molecule has 0 amide bonds. The Morgan fingerprint density at radius 3 is 2.24 bits per heavy atom. The van der Waals surface area contributed by atoms with E-state index in [4.69, 9.17) is 9.47 Å². The highest BCUT2D eigenvalue weighted by Crippen LogP contribution is 2.40.